The summed E-state index contributed by atoms with van der Waals surface area (Å²) in [6, 6.07) is 0.712. The van der Waals surface area contributed by atoms with Gasteiger partial charge in [0.25, 0.3) is 0 Å². The Bertz CT molecular complexity index is 644. The molecule has 2 heterocycles. The van der Waals surface area contributed by atoms with Crippen LogP contribution in [0.4, 0.5) is 11.5 Å². The monoisotopic (exact) mass is 294 g/mol. The fraction of sp³-hybridized carbons (Fsp3) is 0.182. The molecule has 0 saturated heterocycles. The van der Waals surface area contributed by atoms with Crippen LogP contribution in [0.25, 0.3) is 0 Å². The second kappa shape index (κ2) is 5.61. The smallest absolute Gasteiger partial charge is 0.337 e. The third-order valence-electron chi connectivity index (χ3n) is 2.49. The Kier molecular flexibility index (Phi) is 3.89. The fourth-order valence-corrected chi connectivity index (χ4v) is 2.18. The van der Waals surface area contributed by atoms with E-state index in [1.54, 1.807) is 18.5 Å². The van der Waals surface area contributed by atoms with Crippen LogP contribution in [0.3, 0.4) is 0 Å². The van der Waals surface area contributed by atoms with E-state index in [9.17, 15) is 14.9 Å². The van der Waals surface area contributed by atoms with E-state index in [-0.39, 0.29) is 23.1 Å². The number of thiazole rings is 1. The number of aromatic nitrogens is 2. The molecule has 104 valence electrons. The van der Waals surface area contributed by atoms with Crippen molar-refractivity contribution in [2.75, 3.05) is 5.32 Å². The van der Waals surface area contributed by atoms with Gasteiger partial charge in [0.15, 0.2) is 0 Å². The molecular weight excluding hydrogens is 284 g/mol. The van der Waals surface area contributed by atoms with Gasteiger partial charge in [-0.25, -0.2) is 14.8 Å². The maximum Gasteiger partial charge on any atom is 0.337 e. The van der Waals surface area contributed by atoms with Crippen molar-refractivity contribution >= 4 is 28.8 Å². The van der Waals surface area contributed by atoms with Crippen molar-refractivity contribution in [3.8, 4) is 0 Å². The van der Waals surface area contributed by atoms with Crippen LogP contribution < -0.4 is 5.32 Å². The maximum atomic E-state index is 11.0. The van der Waals surface area contributed by atoms with E-state index >= 15 is 0 Å². The summed E-state index contributed by atoms with van der Waals surface area (Å²) in [5.41, 5.74) is -0.613. The molecule has 0 radical (unpaired) electrons. The summed E-state index contributed by atoms with van der Waals surface area (Å²) in [5, 5.41) is 25.2. The van der Waals surface area contributed by atoms with Crippen LogP contribution in [-0.4, -0.2) is 26.0 Å². The second-order valence-electron chi connectivity index (χ2n) is 3.89. The van der Waals surface area contributed by atoms with Gasteiger partial charge in [0.2, 0.25) is 5.82 Å². The number of carboxylic acid groups (broad SMARTS) is 1. The summed E-state index contributed by atoms with van der Waals surface area (Å²) in [6.07, 6.45) is 2.71. The predicted molar refractivity (Wildman–Crippen MR) is 72.0 cm³/mol. The number of anilines is 1. The van der Waals surface area contributed by atoms with E-state index in [1.807, 2.05) is 0 Å². The van der Waals surface area contributed by atoms with E-state index in [1.165, 1.54) is 11.3 Å². The van der Waals surface area contributed by atoms with Crippen molar-refractivity contribution in [2.24, 2.45) is 0 Å². The van der Waals surface area contributed by atoms with Gasteiger partial charge in [0, 0.05) is 23.8 Å². The van der Waals surface area contributed by atoms with Gasteiger partial charge in [-0.3, -0.25) is 10.1 Å². The number of rotatable bonds is 5. The van der Waals surface area contributed by atoms with Gasteiger partial charge >= 0.3 is 11.7 Å². The van der Waals surface area contributed by atoms with Crippen molar-refractivity contribution in [3.05, 3.63) is 44.5 Å². The normalized spacial score (nSPS) is 11.8. The highest BCUT2D eigenvalue weighted by Crippen LogP contribution is 2.27. The molecule has 1 unspecified atom stereocenters. The molecule has 0 amide bonds. The summed E-state index contributed by atoms with van der Waals surface area (Å²) in [4.78, 5) is 29.0. The van der Waals surface area contributed by atoms with Crippen molar-refractivity contribution in [2.45, 2.75) is 13.0 Å². The average Bonchev–Trinajstić information content (AvgIpc) is 2.92. The molecule has 0 spiro atoms. The predicted octanol–water partition coefficient (Wildman–Crippen LogP) is 2.32. The molecule has 2 aromatic heterocycles. The Balaban J connectivity index is 2.31. The number of nitrogens with one attached hydrogen (secondary N) is 1. The van der Waals surface area contributed by atoms with Crippen LogP contribution in [0.1, 0.15) is 28.3 Å². The minimum atomic E-state index is -1.26. The molecule has 0 aliphatic rings. The lowest BCUT2D eigenvalue weighted by molar-refractivity contribution is -0.384. The van der Waals surface area contributed by atoms with Gasteiger partial charge in [0.05, 0.1) is 16.5 Å². The quantitative estimate of drug-likeness (QED) is 0.641. The average molecular weight is 294 g/mol. The first kappa shape index (κ1) is 13.9. The van der Waals surface area contributed by atoms with Crippen molar-refractivity contribution in [3.63, 3.8) is 0 Å². The van der Waals surface area contributed by atoms with Crippen LogP contribution in [0.15, 0.2) is 23.8 Å². The molecule has 2 rings (SSSR count). The minimum Gasteiger partial charge on any atom is -0.478 e. The molecule has 0 aromatic carbocycles. The van der Waals surface area contributed by atoms with Crippen molar-refractivity contribution < 1.29 is 14.8 Å². The summed E-state index contributed by atoms with van der Waals surface area (Å²) in [5.74, 6) is -1.25. The van der Waals surface area contributed by atoms with Crippen LogP contribution >= 0.6 is 11.3 Å². The zero-order valence-electron chi connectivity index (χ0n) is 10.3. The highest BCUT2D eigenvalue weighted by molar-refractivity contribution is 7.09. The molecule has 0 fully saturated rings. The van der Waals surface area contributed by atoms with Crippen molar-refractivity contribution in [1.29, 1.82) is 0 Å². The van der Waals surface area contributed by atoms with E-state index in [4.69, 9.17) is 5.11 Å². The first-order chi connectivity index (χ1) is 9.49. The maximum absolute atomic E-state index is 11.0. The van der Waals surface area contributed by atoms with Gasteiger partial charge in [-0.2, -0.15) is 0 Å². The number of aromatic carboxylic acids is 1. The molecule has 8 nitrogen and oxygen atoms in total. The summed E-state index contributed by atoms with van der Waals surface area (Å²) in [6.45, 7) is 1.79. The zero-order chi connectivity index (χ0) is 14.7. The molecule has 2 N–H and O–H groups in total. The number of carboxylic acids is 1. The molecule has 0 aliphatic carbocycles. The first-order valence-electron chi connectivity index (χ1n) is 5.52. The molecule has 0 saturated carbocycles. The fourth-order valence-electron chi connectivity index (χ4n) is 1.54. The molecule has 2 aromatic rings. The Morgan fingerprint density at radius 3 is 2.85 bits per heavy atom. The second-order valence-corrected chi connectivity index (χ2v) is 4.82. The van der Waals surface area contributed by atoms with Gasteiger partial charge in [-0.05, 0) is 6.92 Å². The zero-order valence-corrected chi connectivity index (χ0v) is 11.1. The lowest BCUT2D eigenvalue weighted by Crippen LogP contribution is -2.10. The highest BCUT2D eigenvalue weighted by Gasteiger charge is 2.21. The summed E-state index contributed by atoms with van der Waals surface area (Å²) < 4.78 is 0. The Labute approximate surface area is 117 Å². The first-order valence-corrected chi connectivity index (χ1v) is 6.40. The summed E-state index contributed by atoms with van der Waals surface area (Å²) >= 11 is 1.41. The molecule has 0 bridgehead atoms. The molecule has 0 aliphatic heterocycles. The number of pyridine rings is 1. The van der Waals surface area contributed by atoms with E-state index in [0.717, 1.165) is 17.3 Å². The summed E-state index contributed by atoms with van der Waals surface area (Å²) in [7, 11) is 0. The third-order valence-corrected chi connectivity index (χ3v) is 3.44. The Morgan fingerprint density at radius 1 is 1.55 bits per heavy atom. The lowest BCUT2D eigenvalue weighted by atomic mass is 10.2. The SMILES string of the molecule is CC(Nc1ncc(C(=O)O)cc1[N+](=O)[O-])c1nccs1. The van der Waals surface area contributed by atoms with Gasteiger partial charge in [-0.1, -0.05) is 0 Å². The largest absolute Gasteiger partial charge is 0.478 e. The van der Waals surface area contributed by atoms with Crippen LogP contribution in [0.5, 0.6) is 0 Å². The number of hydrogen-bond acceptors (Lipinski definition) is 7. The molecule has 9 heteroatoms. The van der Waals surface area contributed by atoms with E-state index in [2.05, 4.69) is 15.3 Å². The van der Waals surface area contributed by atoms with Crippen LogP contribution in [0, 0.1) is 10.1 Å². The van der Waals surface area contributed by atoms with Crippen LogP contribution in [-0.2, 0) is 0 Å². The topological polar surface area (TPSA) is 118 Å². The number of hydrogen-bond donors (Lipinski definition) is 2. The number of carbonyl (C=O) groups is 1. The Morgan fingerprint density at radius 2 is 2.30 bits per heavy atom. The van der Waals surface area contributed by atoms with Gasteiger partial charge in [-0.15, -0.1) is 11.3 Å². The number of nitro groups is 1. The van der Waals surface area contributed by atoms with E-state index < -0.39 is 10.9 Å². The van der Waals surface area contributed by atoms with Gasteiger partial charge in [0.1, 0.15) is 5.01 Å². The third kappa shape index (κ3) is 2.88. The Hall–Kier alpha value is -2.55. The molecule has 1 atom stereocenters. The highest BCUT2D eigenvalue weighted by atomic mass is 32.1. The van der Waals surface area contributed by atoms with Crippen LogP contribution in [0.2, 0.25) is 0 Å². The van der Waals surface area contributed by atoms with Crippen molar-refractivity contribution in [1.82, 2.24) is 9.97 Å². The molecular formula is C11H10N4O4S. The molecule has 20 heavy (non-hydrogen) atoms. The van der Waals surface area contributed by atoms with E-state index in [0.29, 0.717) is 0 Å². The lowest BCUT2D eigenvalue weighted by Gasteiger charge is -2.12. The number of nitrogens with zero attached hydrogens (tertiary/aromatic N) is 3. The van der Waals surface area contributed by atoms with Gasteiger partial charge < -0.3 is 10.4 Å². The standard InChI is InChI=1S/C11H10N4O4S/c1-6(10-12-2-3-20-10)14-9-8(15(18)19)4-7(5-13-9)11(16)17/h2-6H,1H3,(H,13,14)(H,16,17). The minimum absolute atomic E-state index is 0.0164.